The molecule has 0 spiro atoms. The Balaban J connectivity index is 1.80. The molecule has 1 fully saturated rings. The highest BCUT2D eigenvalue weighted by Crippen LogP contribution is 2.14. The predicted octanol–water partition coefficient (Wildman–Crippen LogP) is 2.49. The number of hydrogen-bond acceptors (Lipinski definition) is 3. The first kappa shape index (κ1) is 19.5. The van der Waals surface area contributed by atoms with Gasteiger partial charge in [-0.1, -0.05) is 0 Å². The van der Waals surface area contributed by atoms with Gasteiger partial charge in [0.15, 0.2) is 5.96 Å². The third-order valence-corrected chi connectivity index (χ3v) is 4.28. The Labute approximate surface area is 150 Å². The SMILES string of the molecule is CCNC(=NCC(C)Oc1ccc(F)cc1)NCC1CCCN(C)C1. The maximum absolute atomic E-state index is 12.9. The van der Waals surface area contributed by atoms with Crippen molar-refractivity contribution in [3.63, 3.8) is 0 Å². The van der Waals surface area contributed by atoms with E-state index in [4.69, 9.17) is 4.74 Å². The molecule has 1 heterocycles. The van der Waals surface area contributed by atoms with E-state index in [-0.39, 0.29) is 11.9 Å². The van der Waals surface area contributed by atoms with E-state index >= 15 is 0 Å². The highest BCUT2D eigenvalue weighted by molar-refractivity contribution is 5.79. The molecular formula is C19H31FN4O. The van der Waals surface area contributed by atoms with Crippen molar-refractivity contribution in [2.45, 2.75) is 32.8 Å². The van der Waals surface area contributed by atoms with Crippen molar-refractivity contribution >= 4 is 5.96 Å². The van der Waals surface area contributed by atoms with E-state index in [1.54, 1.807) is 12.1 Å². The zero-order valence-electron chi connectivity index (χ0n) is 15.6. The molecule has 1 aliphatic heterocycles. The molecule has 1 aromatic rings. The molecule has 6 heteroatoms. The predicted molar refractivity (Wildman–Crippen MR) is 101 cm³/mol. The third kappa shape index (κ3) is 7.30. The van der Waals surface area contributed by atoms with Gasteiger partial charge in [0.1, 0.15) is 17.7 Å². The summed E-state index contributed by atoms with van der Waals surface area (Å²) in [4.78, 5) is 7.00. The van der Waals surface area contributed by atoms with Crippen LogP contribution in [0.3, 0.4) is 0 Å². The summed E-state index contributed by atoms with van der Waals surface area (Å²) in [6.07, 6.45) is 2.45. The van der Waals surface area contributed by atoms with E-state index in [2.05, 4.69) is 34.5 Å². The zero-order valence-corrected chi connectivity index (χ0v) is 15.6. The number of rotatable bonds is 7. The van der Waals surface area contributed by atoms with E-state index in [0.717, 1.165) is 25.6 Å². The molecule has 0 radical (unpaired) electrons. The van der Waals surface area contributed by atoms with Crippen molar-refractivity contribution in [1.29, 1.82) is 0 Å². The van der Waals surface area contributed by atoms with Crippen LogP contribution in [0.2, 0.25) is 0 Å². The molecule has 2 N–H and O–H groups in total. The first-order valence-corrected chi connectivity index (χ1v) is 9.19. The lowest BCUT2D eigenvalue weighted by Crippen LogP contribution is -2.43. The second-order valence-electron chi connectivity index (χ2n) is 6.75. The summed E-state index contributed by atoms with van der Waals surface area (Å²) >= 11 is 0. The summed E-state index contributed by atoms with van der Waals surface area (Å²) in [5.41, 5.74) is 0. The molecule has 0 bridgehead atoms. The van der Waals surface area contributed by atoms with Gasteiger partial charge in [-0.3, -0.25) is 0 Å². The number of piperidine rings is 1. The van der Waals surface area contributed by atoms with Crippen LogP contribution in [0.15, 0.2) is 29.3 Å². The number of nitrogens with zero attached hydrogens (tertiary/aromatic N) is 2. The fourth-order valence-corrected chi connectivity index (χ4v) is 3.03. The van der Waals surface area contributed by atoms with E-state index in [1.807, 2.05) is 6.92 Å². The van der Waals surface area contributed by atoms with E-state index in [1.165, 1.54) is 31.5 Å². The average molecular weight is 350 g/mol. The van der Waals surface area contributed by atoms with Crippen molar-refractivity contribution in [3.05, 3.63) is 30.1 Å². The van der Waals surface area contributed by atoms with Gasteiger partial charge in [-0.2, -0.15) is 0 Å². The van der Waals surface area contributed by atoms with Gasteiger partial charge in [-0.25, -0.2) is 9.38 Å². The van der Waals surface area contributed by atoms with Gasteiger partial charge >= 0.3 is 0 Å². The lowest BCUT2D eigenvalue weighted by molar-refractivity contribution is 0.210. The van der Waals surface area contributed by atoms with E-state index < -0.39 is 0 Å². The lowest BCUT2D eigenvalue weighted by Gasteiger charge is -2.30. The molecule has 140 valence electrons. The molecule has 2 atom stereocenters. The molecule has 2 rings (SSSR count). The highest BCUT2D eigenvalue weighted by atomic mass is 19.1. The average Bonchev–Trinajstić information content (AvgIpc) is 2.59. The smallest absolute Gasteiger partial charge is 0.191 e. The Morgan fingerprint density at radius 2 is 2.12 bits per heavy atom. The van der Waals surface area contributed by atoms with Gasteiger partial charge in [0.05, 0.1) is 6.54 Å². The molecule has 25 heavy (non-hydrogen) atoms. The van der Waals surface area contributed by atoms with Crippen LogP contribution in [0.5, 0.6) is 5.75 Å². The molecule has 5 nitrogen and oxygen atoms in total. The minimum absolute atomic E-state index is 0.0817. The zero-order chi connectivity index (χ0) is 18.1. The van der Waals surface area contributed by atoms with Gasteiger partial charge in [-0.05, 0) is 70.5 Å². The minimum atomic E-state index is -0.259. The van der Waals surface area contributed by atoms with Crippen LogP contribution in [-0.2, 0) is 0 Å². The summed E-state index contributed by atoms with van der Waals surface area (Å²) in [5, 5.41) is 6.72. The van der Waals surface area contributed by atoms with Crippen molar-refractivity contribution in [1.82, 2.24) is 15.5 Å². The maximum atomic E-state index is 12.9. The molecule has 0 aliphatic carbocycles. The number of halogens is 1. The number of aliphatic imine (C=N–C) groups is 1. The Hall–Kier alpha value is -1.82. The van der Waals surface area contributed by atoms with Gasteiger partial charge in [-0.15, -0.1) is 0 Å². The van der Waals surface area contributed by atoms with Crippen LogP contribution in [-0.4, -0.2) is 56.7 Å². The highest BCUT2D eigenvalue weighted by Gasteiger charge is 2.17. The number of ether oxygens (including phenoxy) is 1. The molecule has 0 aromatic heterocycles. The fraction of sp³-hybridized carbons (Fsp3) is 0.632. The van der Waals surface area contributed by atoms with Crippen molar-refractivity contribution in [3.8, 4) is 5.75 Å². The normalized spacial score (nSPS) is 20.2. The number of hydrogen-bond donors (Lipinski definition) is 2. The summed E-state index contributed by atoms with van der Waals surface area (Å²) < 4.78 is 18.7. The monoisotopic (exact) mass is 350 g/mol. The fourth-order valence-electron chi connectivity index (χ4n) is 3.03. The van der Waals surface area contributed by atoms with Crippen molar-refractivity contribution < 1.29 is 9.13 Å². The summed E-state index contributed by atoms with van der Waals surface area (Å²) in [6.45, 7) is 8.65. The van der Waals surface area contributed by atoms with Crippen LogP contribution in [0.1, 0.15) is 26.7 Å². The number of guanidine groups is 1. The second kappa shape index (κ2) is 10.2. The maximum Gasteiger partial charge on any atom is 0.191 e. The Kier molecular flexibility index (Phi) is 7.98. The molecule has 1 aliphatic rings. The van der Waals surface area contributed by atoms with Crippen LogP contribution in [0.25, 0.3) is 0 Å². The van der Waals surface area contributed by atoms with E-state index in [0.29, 0.717) is 18.2 Å². The summed E-state index contributed by atoms with van der Waals surface area (Å²) in [5.74, 6) is 1.89. The van der Waals surface area contributed by atoms with Crippen LogP contribution in [0, 0.1) is 11.7 Å². The number of benzene rings is 1. The van der Waals surface area contributed by atoms with Crippen LogP contribution < -0.4 is 15.4 Å². The Morgan fingerprint density at radius 1 is 1.36 bits per heavy atom. The minimum Gasteiger partial charge on any atom is -0.489 e. The first-order chi connectivity index (χ1) is 12.1. The standard InChI is InChI=1S/C19H31FN4O/c1-4-21-19(23-13-16-6-5-11-24(3)14-16)22-12-15(2)25-18-9-7-17(20)8-10-18/h7-10,15-16H,4-6,11-14H2,1-3H3,(H2,21,22,23). The van der Waals surface area contributed by atoms with Crippen molar-refractivity contribution in [2.75, 3.05) is 39.8 Å². The Bertz CT molecular complexity index is 535. The molecular weight excluding hydrogens is 319 g/mol. The van der Waals surface area contributed by atoms with Gasteiger partial charge in [0, 0.05) is 19.6 Å². The van der Waals surface area contributed by atoms with Gasteiger partial charge in [0.25, 0.3) is 0 Å². The largest absolute Gasteiger partial charge is 0.489 e. The van der Waals surface area contributed by atoms with E-state index in [9.17, 15) is 4.39 Å². The topological polar surface area (TPSA) is 48.9 Å². The second-order valence-corrected chi connectivity index (χ2v) is 6.75. The molecule has 0 saturated carbocycles. The van der Waals surface area contributed by atoms with Crippen LogP contribution >= 0.6 is 0 Å². The quantitative estimate of drug-likeness (QED) is 0.586. The van der Waals surface area contributed by atoms with Gasteiger partial charge < -0.3 is 20.3 Å². The molecule has 0 amide bonds. The van der Waals surface area contributed by atoms with Gasteiger partial charge in [0.2, 0.25) is 0 Å². The first-order valence-electron chi connectivity index (χ1n) is 9.19. The Morgan fingerprint density at radius 3 is 2.80 bits per heavy atom. The third-order valence-electron chi connectivity index (χ3n) is 4.28. The summed E-state index contributed by atoms with van der Waals surface area (Å²) in [6, 6.07) is 6.08. The van der Waals surface area contributed by atoms with Crippen LogP contribution in [0.4, 0.5) is 4.39 Å². The lowest BCUT2D eigenvalue weighted by atomic mass is 9.99. The van der Waals surface area contributed by atoms with Crippen molar-refractivity contribution in [2.24, 2.45) is 10.9 Å². The summed E-state index contributed by atoms with van der Waals surface area (Å²) in [7, 11) is 2.18. The number of nitrogens with one attached hydrogen (secondary N) is 2. The molecule has 1 saturated heterocycles. The molecule has 1 aromatic carbocycles. The molecule has 2 unspecified atom stereocenters. The number of likely N-dealkylation sites (tertiary alicyclic amines) is 1.